The second-order valence-corrected chi connectivity index (χ2v) is 3.90. The van der Waals surface area contributed by atoms with Crippen molar-refractivity contribution in [1.82, 2.24) is 10.2 Å². The molecule has 0 spiro atoms. The topological polar surface area (TPSA) is 28.7 Å². The van der Waals surface area contributed by atoms with E-state index in [9.17, 15) is 0 Å². The SMILES string of the molecule is Clc1cccc(-c2cc(Br)[nH]n2)c1. The first-order valence-electron chi connectivity index (χ1n) is 3.72. The lowest BCUT2D eigenvalue weighted by Gasteiger charge is -1.95. The Morgan fingerprint density at radius 1 is 1.31 bits per heavy atom. The molecular formula is C9H6BrClN2. The zero-order valence-electron chi connectivity index (χ0n) is 6.59. The quantitative estimate of drug-likeness (QED) is 0.832. The normalized spacial score (nSPS) is 10.3. The summed E-state index contributed by atoms with van der Waals surface area (Å²) in [6, 6.07) is 9.50. The van der Waals surface area contributed by atoms with Gasteiger partial charge in [-0.3, -0.25) is 5.10 Å². The standard InChI is InChI=1S/C9H6BrClN2/c10-9-5-8(12-13-9)6-2-1-3-7(11)4-6/h1-5H,(H,12,13). The van der Waals surface area contributed by atoms with Crippen molar-refractivity contribution in [2.45, 2.75) is 0 Å². The summed E-state index contributed by atoms with van der Waals surface area (Å²) in [5, 5.41) is 7.63. The molecule has 0 unspecified atom stereocenters. The van der Waals surface area contributed by atoms with Crippen molar-refractivity contribution in [3.05, 3.63) is 40.0 Å². The fourth-order valence-corrected chi connectivity index (χ4v) is 1.59. The van der Waals surface area contributed by atoms with Crippen LogP contribution in [0.2, 0.25) is 5.02 Å². The molecule has 0 bridgehead atoms. The molecule has 0 fully saturated rings. The molecule has 0 amide bonds. The summed E-state index contributed by atoms with van der Waals surface area (Å²) in [5.74, 6) is 0. The van der Waals surface area contributed by atoms with Crippen LogP contribution in [0.3, 0.4) is 0 Å². The Hall–Kier alpha value is -0.800. The van der Waals surface area contributed by atoms with Crippen LogP contribution in [0.15, 0.2) is 34.9 Å². The van der Waals surface area contributed by atoms with Crippen LogP contribution in [0.1, 0.15) is 0 Å². The Labute approximate surface area is 89.1 Å². The van der Waals surface area contributed by atoms with Crippen LogP contribution in [0.5, 0.6) is 0 Å². The van der Waals surface area contributed by atoms with E-state index >= 15 is 0 Å². The molecule has 0 saturated carbocycles. The maximum Gasteiger partial charge on any atom is 0.101 e. The van der Waals surface area contributed by atoms with Gasteiger partial charge in [-0.2, -0.15) is 5.10 Å². The summed E-state index contributed by atoms with van der Waals surface area (Å²) in [6.45, 7) is 0. The van der Waals surface area contributed by atoms with E-state index in [0.717, 1.165) is 20.9 Å². The average molecular weight is 258 g/mol. The number of rotatable bonds is 1. The van der Waals surface area contributed by atoms with Crippen LogP contribution in [-0.4, -0.2) is 10.2 Å². The fourth-order valence-electron chi connectivity index (χ4n) is 1.09. The van der Waals surface area contributed by atoms with E-state index in [1.165, 1.54) is 0 Å². The number of aromatic nitrogens is 2. The Bertz CT molecular complexity index is 425. The van der Waals surface area contributed by atoms with Crippen molar-refractivity contribution in [3.63, 3.8) is 0 Å². The molecule has 1 aromatic heterocycles. The molecule has 0 aliphatic rings. The molecule has 1 N–H and O–H groups in total. The zero-order valence-corrected chi connectivity index (χ0v) is 8.93. The third-order valence-electron chi connectivity index (χ3n) is 1.67. The van der Waals surface area contributed by atoms with Crippen LogP contribution in [-0.2, 0) is 0 Å². The predicted octanol–water partition coefficient (Wildman–Crippen LogP) is 3.49. The smallest absolute Gasteiger partial charge is 0.101 e. The Morgan fingerprint density at radius 2 is 2.15 bits per heavy atom. The van der Waals surface area contributed by atoms with E-state index in [0.29, 0.717) is 0 Å². The molecule has 2 rings (SSSR count). The van der Waals surface area contributed by atoms with Crippen molar-refractivity contribution in [2.75, 3.05) is 0 Å². The number of aromatic amines is 1. The molecule has 2 aromatic rings. The van der Waals surface area contributed by atoms with Gasteiger partial charge in [0, 0.05) is 10.6 Å². The highest BCUT2D eigenvalue weighted by molar-refractivity contribution is 9.10. The van der Waals surface area contributed by atoms with Gasteiger partial charge in [-0.05, 0) is 34.1 Å². The van der Waals surface area contributed by atoms with E-state index in [4.69, 9.17) is 11.6 Å². The Balaban J connectivity index is 2.46. The summed E-state index contributed by atoms with van der Waals surface area (Å²) in [7, 11) is 0. The van der Waals surface area contributed by atoms with Gasteiger partial charge < -0.3 is 0 Å². The largest absolute Gasteiger partial charge is 0.271 e. The second-order valence-electron chi connectivity index (χ2n) is 2.61. The van der Waals surface area contributed by atoms with Crippen LogP contribution in [0.4, 0.5) is 0 Å². The molecule has 0 aliphatic heterocycles. The minimum absolute atomic E-state index is 0.719. The van der Waals surface area contributed by atoms with Crippen molar-refractivity contribution in [2.24, 2.45) is 0 Å². The number of hydrogen-bond donors (Lipinski definition) is 1. The number of H-pyrrole nitrogens is 1. The molecule has 0 atom stereocenters. The van der Waals surface area contributed by atoms with E-state index in [-0.39, 0.29) is 0 Å². The van der Waals surface area contributed by atoms with Crippen molar-refractivity contribution >= 4 is 27.5 Å². The lowest BCUT2D eigenvalue weighted by atomic mass is 10.2. The minimum Gasteiger partial charge on any atom is -0.271 e. The van der Waals surface area contributed by atoms with E-state index < -0.39 is 0 Å². The lowest BCUT2D eigenvalue weighted by molar-refractivity contribution is 1.07. The highest BCUT2D eigenvalue weighted by Gasteiger charge is 2.01. The zero-order chi connectivity index (χ0) is 9.26. The first-order chi connectivity index (χ1) is 6.25. The molecule has 1 heterocycles. The van der Waals surface area contributed by atoms with Crippen LogP contribution in [0.25, 0.3) is 11.3 Å². The summed E-state index contributed by atoms with van der Waals surface area (Å²) < 4.78 is 0.863. The van der Waals surface area contributed by atoms with Gasteiger partial charge >= 0.3 is 0 Å². The van der Waals surface area contributed by atoms with Crippen LogP contribution in [0, 0.1) is 0 Å². The fraction of sp³-hybridized carbons (Fsp3) is 0. The van der Waals surface area contributed by atoms with Crippen LogP contribution < -0.4 is 0 Å². The van der Waals surface area contributed by atoms with E-state index in [1.54, 1.807) is 0 Å². The summed E-state index contributed by atoms with van der Waals surface area (Å²) in [4.78, 5) is 0. The van der Waals surface area contributed by atoms with E-state index in [1.807, 2.05) is 30.3 Å². The maximum atomic E-state index is 5.85. The summed E-state index contributed by atoms with van der Waals surface area (Å²) >= 11 is 9.15. The summed E-state index contributed by atoms with van der Waals surface area (Å²) in [6.07, 6.45) is 0. The van der Waals surface area contributed by atoms with Gasteiger partial charge in [0.2, 0.25) is 0 Å². The van der Waals surface area contributed by atoms with Crippen molar-refractivity contribution < 1.29 is 0 Å². The van der Waals surface area contributed by atoms with E-state index in [2.05, 4.69) is 26.1 Å². The van der Waals surface area contributed by atoms with Gasteiger partial charge in [0.1, 0.15) is 4.60 Å². The lowest BCUT2D eigenvalue weighted by Crippen LogP contribution is -1.76. The molecule has 66 valence electrons. The first kappa shape index (κ1) is 8.78. The highest BCUT2D eigenvalue weighted by atomic mass is 79.9. The number of benzene rings is 1. The molecular weight excluding hydrogens is 251 g/mol. The third-order valence-corrected chi connectivity index (χ3v) is 2.31. The minimum atomic E-state index is 0.719. The third kappa shape index (κ3) is 1.92. The molecule has 2 nitrogen and oxygen atoms in total. The number of nitrogens with one attached hydrogen (secondary N) is 1. The average Bonchev–Trinajstić information content (AvgIpc) is 2.52. The maximum absolute atomic E-state index is 5.85. The molecule has 1 aromatic carbocycles. The number of halogens is 2. The highest BCUT2D eigenvalue weighted by Crippen LogP contribution is 2.22. The first-order valence-corrected chi connectivity index (χ1v) is 4.89. The molecule has 13 heavy (non-hydrogen) atoms. The van der Waals surface area contributed by atoms with Gasteiger partial charge in [-0.15, -0.1) is 0 Å². The second kappa shape index (κ2) is 3.52. The molecule has 0 saturated heterocycles. The molecule has 0 aliphatic carbocycles. The Kier molecular flexibility index (Phi) is 2.38. The number of nitrogens with zero attached hydrogens (tertiary/aromatic N) is 1. The molecule has 4 heteroatoms. The van der Waals surface area contributed by atoms with Crippen molar-refractivity contribution in [1.29, 1.82) is 0 Å². The van der Waals surface area contributed by atoms with Gasteiger partial charge in [-0.1, -0.05) is 23.7 Å². The molecule has 0 radical (unpaired) electrons. The van der Waals surface area contributed by atoms with Gasteiger partial charge in [0.15, 0.2) is 0 Å². The van der Waals surface area contributed by atoms with Gasteiger partial charge in [0.25, 0.3) is 0 Å². The van der Waals surface area contributed by atoms with Crippen molar-refractivity contribution in [3.8, 4) is 11.3 Å². The predicted molar refractivity (Wildman–Crippen MR) is 56.7 cm³/mol. The monoisotopic (exact) mass is 256 g/mol. The van der Waals surface area contributed by atoms with Gasteiger partial charge in [-0.25, -0.2) is 0 Å². The summed E-state index contributed by atoms with van der Waals surface area (Å²) in [5.41, 5.74) is 1.89. The van der Waals surface area contributed by atoms with Gasteiger partial charge in [0.05, 0.1) is 5.69 Å². The number of hydrogen-bond acceptors (Lipinski definition) is 1. The van der Waals surface area contributed by atoms with Crippen LogP contribution >= 0.6 is 27.5 Å². The Morgan fingerprint density at radius 3 is 2.77 bits per heavy atom.